The second-order valence-electron chi connectivity index (χ2n) is 1.69. The number of hydrogen-bond acceptors (Lipinski definition) is 2. The van der Waals surface area contributed by atoms with Gasteiger partial charge in [-0.3, -0.25) is 4.79 Å². The van der Waals surface area contributed by atoms with E-state index in [0.29, 0.717) is 6.42 Å². The molecule has 0 aliphatic rings. The minimum absolute atomic E-state index is 0.264. The summed E-state index contributed by atoms with van der Waals surface area (Å²) in [6, 6.07) is 0. The van der Waals surface area contributed by atoms with E-state index >= 15 is 0 Å². The molecule has 0 saturated heterocycles. The quantitative estimate of drug-likeness (QED) is 0.338. The molecule has 0 aromatic rings. The molecule has 0 amide bonds. The van der Waals surface area contributed by atoms with Crippen molar-refractivity contribution in [2.24, 2.45) is 4.99 Å². The summed E-state index contributed by atoms with van der Waals surface area (Å²) in [5.74, 6) is 0. The molecule has 0 aliphatic carbocycles. The van der Waals surface area contributed by atoms with Crippen molar-refractivity contribution in [3.63, 3.8) is 0 Å². The highest BCUT2D eigenvalue weighted by Gasteiger charge is 1.92. The van der Waals surface area contributed by atoms with E-state index in [1.807, 2.05) is 0 Å². The van der Waals surface area contributed by atoms with Crippen LogP contribution in [0.2, 0.25) is 0 Å². The lowest BCUT2D eigenvalue weighted by atomic mass is 10.3. The first-order chi connectivity index (χ1) is 4.27. The first kappa shape index (κ1) is 8.63. The van der Waals surface area contributed by atoms with Crippen molar-refractivity contribution in [1.29, 1.82) is 0 Å². The largest absolute Gasteiger partial charge is 0.301 e. The average molecular weight is 148 g/mol. The van der Waals surface area contributed by atoms with Crippen molar-refractivity contribution < 1.29 is 4.79 Å². The summed E-state index contributed by atoms with van der Waals surface area (Å²) in [6.07, 6.45) is 3.88. The highest BCUT2D eigenvalue weighted by atomic mass is 35.5. The predicted octanol–water partition coefficient (Wildman–Crippen LogP) is 1.62. The van der Waals surface area contributed by atoms with Gasteiger partial charge in [0.1, 0.15) is 0 Å². The monoisotopic (exact) mass is 147 g/mol. The fourth-order valence-corrected chi connectivity index (χ4v) is 0.595. The Kier molecular flexibility index (Phi) is 5.52. The molecule has 0 rings (SSSR count). The molecule has 0 unspecified atom stereocenters. The Bertz CT molecular complexity index is 112. The molecule has 3 heteroatoms. The first-order valence-corrected chi connectivity index (χ1v) is 3.24. The molecule has 0 radical (unpaired) electrons. The Morgan fingerprint density at radius 3 is 2.89 bits per heavy atom. The maximum absolute atomic E-state index is 10.1. The van der Waals surface area contributed by atoms with E-state index < -0.39 is 0 Å². The van der Waals surface area contributed by atoms with Crippen LogP contribution in [0.4, 0.5) is 0 Å². The van der Waals surface area contributed by atoms with Crippen LogP contribution in [0.25, 0.3) is 0 Å². The third kappa shape index (κ3) is 7.63. The molecular weight excluding hydrogens is 138 g/mol. The van der Waals surface area contributed by atoms with Crippen molar-refractivity contribution in [3.8, 4) is 0 Å². The number of rotatable bonds is 4. The van der Waals surface area contributed by atoms with E-state index in [1.54, 1.807) is 13.3 Å². The van der Waals surface area contributed by atoms with Gasteiger partial charge in [-0.1, -0.05) is 0 Å². The molecule has 0 aliphatic heterocycles. The molecule has 0 spiro atoms. The second-order valence-corrected chi connectivity index (χ2v) is 2.11. The van der Waals surface area contributed by atoms with Gasteiger partial charge in [0.2, 0.25) is 5.24 Å². The van der Waals surface area contributed by atoms with E-state index in [9.17, 15) is 4.79 Å². The third-order valence-corrected chi connectivity index (χ3v) is 1.08. The summed E-state index contributed by atoms with van der Waals surface area (Å²) >= 11 is 5.07. The average Bonchev–Trinajstić information content (AvgIpc) is 1.80. The number of carbonyl (C=O) groups is 1. The molecule has 0 heterocycles. The lowest BCUT2D eigenvalue weighted by molar-refractivity contribution is -0.111. The van der Waals surface area contributed by atoms with Crippen molar-refractivity contribution in [1.82, 2.24) is 0 Å². The first-order valence-electron chi connectivity index (χ1n) is 2.86. The zero-order valence-electron chi connectivity index (χ0n) is 5.43. The topological polar surface area (TPSA) is 29.4 Å². The molecule has 0 saturated carbocycles. The second kappa shape index (κ2) is 5.76. The van der Waals surface area contributed by atoms with Crippen molar-refractivity contribution in [2.45, 2.75) is 19.3 Å². The zero-order valence-corrected chi connectivity index (χ0v) is 6.19. The summed E-state index contributed by atoms with van der Waals surface area (Å²) in [6.45, 7) is 0. The molecule has 52 valence electrons. The minimum atomic E-state index is -0.264. The van der Waals surface area contributed by atoms with Gasteiger partial charge < -0.3 is 4.99 Å². The van der Waals surface area contributed by atoms with E-state index in [0.717, 1.165) is 12.8 Å². The number of aliphatic imine (C=N–C) groups is 1. The van der Waals surface area contributed by atoms with Gasteiger partial charge in [0.25, 0.3) is 0 Å². The number of nitrogens with zero attached hydrogens (tertiary/aromatic N) is 1. The standard InChI is InChI=1S/C6H10ClNO/c1-8-5-3-2-4-6(7)9/h5H,2-4H2,1H3. The van der Waals surface area contributed by atoms with Gasteiger partial charge in [-0.05, 0) is 30.7 Å². The van der Waals surface area contributed by atoms with Gasteiger partial charge in [-0.25, -0.2) is 0 Å². The van der Waals surface area contributed by atoms with Gasteiger partial charge in [0, 0.05) is 13.5 Å². The van der Waals surface area contributed by atoms with Crippen LogP contribution >= 0.6 is 11.6 Å². The van der Waals surface area contributed by atoms with E-state index in [-0.39, 0.29) is 5.24 Å². The maximum atomic E-state index is 10.1. The molecule has 0 aromatic carbocycles. The molecule has 0 N–H and O–H groups in total. The van der Waals surface area contributed by atoms with E-state index in [4.69, 9.17) is 11.6 Å². The SMILES string of the molecule is CN=CCCCC(=O)Cl. The molecule has 0 aromatic heterocycles. The van der Waals surface area contributed by atoms with Crippen molar-refractivity contribution >= 4 is 23.1 Å². The van der Waals surface area contributed by atoms with Gasteiger partial charge in [-0.2, -0.15) is 0 Å². The van der Waals surface area contributed by atoms with E-state index in [1.165, 1.54) is 0 Å². The lowest BCUT2D eigenvalue weighted by Crippen LogP contribution is -1.85. The summed E-state index contributed by atoms with van der Waals surface area (Å²) in [4.78, 5) is 13.9. The Morgan fingerprint density at radius 2 is 2.44 bits per heavy atom. The number of halogens is 1. The predicted molar refractivity (Wildman–Crippen MR) is 39.1 cm³/mol. The highest BCUT2D eigenvalue weighted by Crippen LogP contribution is 1.96. The zero-order chi connectivity index (χ0) is 7.11. The molecule has 0 bridgehead atoms. The Hall–Kier alpha value is -0.370. The smallest absolute Gasteiger partial charge is 0.221 e. The lowest BCUT2D eigenvalue weighted by Gasteiger charge is -1.86. The van der Waals surface area contributed by atoms with Crippen LogP contribution in [0.3, 0.4) is 0 Å². The van der Waals surface area contributed by atoms with Gasteiger partial charge in [0.15, 0.2) is 0 Å². The van der Waals surface area contributed by atoms with Crippen LogP contribution in [0.15, 0.2) is 4.99 Å². The van der Waals surface area contributed by atoms with Crippen LogP contribution in [0.1, 0.15) is 19.3 Å². The highest BCUT2D eigenvalue weighted by molar-refractivity contribution is 6.63. The number of carbonyl (C=O) groups excluding carboxylic acids is 1. The van der Waals surface area contributed by atoms with Crippen LogP contribution in [0, 0.1) is 0 Å². The van der Waals surface area contributed by atoms with Crippen molar-refractivity contribution in [2.75, 3.05) is 7.05 Å². The maximum Gasteiger partial charge on any atom is 0.221 e. The fourth-order valence-electron chi connectivity index (χ4n) is 0.461. The van der Waals surface area contributed by atoms with Gasteiger partial charge >= 0.3 is 0 Å². The molecule has 0 fully saturated rings. The molecule has 0 atom stereocenters. The Labute approximate surface area is 59.9 Å². The minimum Gasteiger partial charge on any atom is -0.301 e. The molecular formula is C6H10ClNO. The fraction of sp³-hybridized carbons (Fsp3) is 0.667. The summed E-state index contributed by atoms with van der Waals surface area (Å²) < 4.78 is 0. The third-order valence-electron chi connectivity index (χ3n) is 0.889. The van der Waals surface area contributed by atoms with Gasteiger partial charge in [-0.15, -0.1) is 0 Å². The normalized spacial score (nSPS) is 10.4. The number of hydrogen-bond donors (Lipinski definition) is 0. The Morgan fingerprint density at radius 1 is 1.78 bits per heavy atom. The molecule has 9 heavy (non-hydrogen) atoms. The summed E-state index contributed by atoms with van der Waals surface area (Å²) in [5, 5.41) is -0.264. The van der Waals surface area contributed by atoms with Crippen LogP contribution in [-0.4, -0.2) is 18.5 Å². The van der Waals surface area contributed by atoms with Crippen molar-refractivity contribution in [3.05, 3.63) is 0 Å². The van der Waals surface area contributed by atoms with Crippen LogP contribution in [0.5, 0.6) is 0 Å². The van der Waals surface area contributed by atoms with Gasteiger partial charge in [0.05, 0.1) is 0 Å². The van der Waals surface area contributed by atoms with Crippen LogP contribution < -0.4 is 0 Å². The summed E-state index contributed by atoms with van der Waals surface area (Å²) in [5.41, 5.74) is 0. The van der Waals surface area contributed by atoms with E-state index in [2.05, 4.69) is 4.99 Å². The van der Waals surface area contributed by atoms with Crippen LogP contribution in [-0.2, 0) is 4.79 Å². The summed E-state index contributed by atoms with van der Waals surface area (Å²) in [7, 11) is 1.71. The number of unbranched alkanes of at least 4 members (excludes halogenated alkanes) is 1. The molecule has 2 nitrogen and oxygen atoms in total. The Balaban J connectivity index is 3.01.